The van der Waals surface area contributed by atoms with Gasteiger partial charge < -0.3 is 14.5 Å². The van der Waals surface area contributed by atoms with Gasteiger partial charge in [0.2, 0.25) is 11.0 Å². The molecule has 3 rings (SSSR count). The monoisotopic (exact) mass is 416 g/mol. The molecule has 0 spiro atoms. The molecule has 1 amide bonds. The minimum Gasteiger partial charge on any atom is -0.466 e. The molecule has 156 valence electrons. The van der Waals surface area contributed by atoms with Crippen LogP contribution < -0.4 is 4.90 Å². The second kappa shape index (κ2) is 9.82. The standard InChI is InChI=1S/C21H28N4O3S/c1-4-28-20(27)17-9-11-25(12-10-17)19(26)14-24(3)21-22-18(23-29-21)13-16-7-5-15(2)6-8-16/h5-8,17H,4,9-14H2,1-3H3. The summed E-state index contributed by atoms with van der Waals surface area (Å²) in [5, 5.41) is 0.738. The summed E-state index contributed by atoms with van der Waals surface area (Å²) in [4.78, 5) is 32.7. The maximum Gasteiger partial charge on any atom is 0.309 e. The first-order chi connectivity index (χ1) is 14.0. The normalized spacial score (nSPS) is 14.7. The van der Waals surface area contributed by atoms with Gasteiger partial charge in [0.15, 0.2) is 0 Å². The maximum absolute atomic E-state index is 12.6. The molecule has 29 heavy (non-hydrogen) atoms. The van der Waals surface area contributed by atoms with Gasteiger partial charge in [-0.2, -0.15) is 4.37 Å². The highest BCUT2D eigenvalue weighted by Crippen LogP contribution is 2.21. The lowest BCUT2D eigenvalue weighted by Gasteiger charge is -2.32. The van der Waals surface area contributed by atoms with E-state index in [1.807, 2.05) is 23.8 Å². The lowest BCUT2D eigenvalue weighted by molar-refractivity contribution is -0.151. The molecule has 0 atom stereocenters. The Morgan fingerprint density at radius 3 is 2.59 bits per heavy atom. The number of anilines is 1. The summed E-state index contributed by atoms with van der Waals surface area (Å²) in [6, 6.07) is 8.34. The Kier molecular flexibility index (Phi) is 7.19. The van der Waals surface area contributed by atoms with E-state index >= 15 is 0 Å². The smallest absolute Gasteiger partial charge is 0.309 e. The van der Waals surface area contributed by atoms with Crippen molar-refractivity contribution in [3.05, 3.63) is 41.2 Å². The fourth-order valence-corrected chi connectivity index (χ4v) is 4.00. The molecule has 0 aliphatic carbocycles. The third-order valence-corrected chi connectivity index (χ3v) is 5.98. The molecule has 1 aliphatic heterocycles. The number of hydrogen-bond donors (Lipinski definition) is 0. The van der Waals surface area contributed by atoms with Crippen LogP contribution in [0.3, 0.4) is 0 Å². The fraction of sp³-hybridized carbons (Fsp3) is 0.524. The van der Waals surface area contributed by atoms with Gasteiger partial charge in [-0.25, -0.2) is 4.98 Å². The molecule has 0 bridgehead atoms. The van der Waals surface area contributed by atoms with E-state index in [4.69, 9.17) is 4.74 Å². The van der Waals surface area contributed by atoms with E-state index in [9.17, 15) is 9.59 Å². The van der Waals surface area contributed by atoms with Gasteiger partial charge in [-0.05, 0) is 32.3 Å². The van der Waals surface area contributed by atoms with Crippen molar-refractivity contribution in [1.82, 2.24) is 14.3 Å². The molecule has 1 aliphatic rings. The van der Waals surface area contributed by atoms with E-state index in [0.29, 0.717) is 39.0 Å². The molecule has 0 N–H and O–H groups in total. The molecule has 1 fully saturated rings. The Balaban J connectivity index is 1.49. The summed E-state index contributed by atoms with van der Waals surface area (Å²) in [5.41, 5.74) is 2.40. The Labute approximate surface area is 175 Å². The van der Waals surface area contributed by atoms with Crippen LogP contribution in [0.25, 0.3) is 0 Å². The van der Waals surface area contributed by atoms with Crippen molar-refractivity contribution in [2.45, 2.75) is 33.1 Å². The van der Waals surface area contributed by atoms with Crippen molar-refractivity contribution in [3.63, 3.8) is 0 Å². The fourth-order valence-electron chi connectivity index (χ4n) is 3.36. The van der Waals surface area contributed by atoms with Crippen LogP contribution in [-0.4, -0.2) is 59.4 Å². The molecular formula is C21H28N4O3S. The van der Waals surface area contributed by atoms with Crippen LogP contribution in [0.2, 0.25) is 0 Å². The zero-order valence-corrected chi connectivity index (χ0v) is 18.1. The molecule has 7 nitrogen and oxygen atoms in total. The van der Waals surface area contributed by atoms with E-state index < -0.39 is 0 Å². The molecule has 1 aromatic heterocycles. The Morgan fingerprint density at radius 1 is 1.24 bits per heavy atom. The van der Waals surface area contributed by atoms with E-state index in [1.165, 1.54) is 22.7 Å². The number of rotatable bonds is 7. The molecule has 8 heteroatoms. The summed E-state index contributed by atoms with van der Waals surface area (Å²) in [6.45, 7) is 5.70. The van der Waals surface area contributed by atoms with Gasteiger partial charge in [0.1, 0.15) is 5.82 Å². The first-order valence-corrected chi connectivity index (χ1v) is 10.8. The van der Waals surface area contributed by atoms with Crippen molar-refractivity contribution in [3.8, 4) is 0 Å². The van der Waals surface area contributed by atoms with Gasteiger partial charge in [0.25, 0.3) is 0 Å². The lowest BCUT2D eigenvalue weighted by Crippen LogP contribution is -2.44. The Hall–Kier alpha value is -2.48. The highest BCUT2D eigenvalue weighted by atomic mass is 32.1. The van der Waals surface area contributed by atoms with E-state index in [2.05, 4.69) is 40.5 Å². The van der Waals surface area contributed by atoms with Crippen molar-refractivity contribution in [1.29, 1.82) is 0 Å². The van der Waals surface area contributed by atoms with E-state index in [1.54, 1.807) is 0 Å². The number of carbonyl (C=O) groups excluding carboxylic acids is 2. The zero-order chi connectivity index (χ0) is 20.8. The molecule has 1 saturated heterocycles. The molecule has 0 unspecified atom stereocenters. The highest BCUT2D eigenvalue weighted by molar-refractivity contribution is 7.09. The van der Waals surface area contributed by atoms with Crippen molar-refractivity contribution in [2.24, 2.45) is 5.92 Å². The van der Waals surface area contributed by atoms with Crippen LogP contribution in [0, 0.1) is 12.8 Å². The van der Waals surface area contributed by atoms with Gasteiger partial charge >= 0.3 is 5.97 Å². The SMILES string of the molecule is CCOC(=O)C1CCN(C(=O)CN(C)c2nc(Cc3ccc(C)cc3)ns2)CC1. The number of nitrogens with zero attached hydrogens (tertiary/aromatic N) is 4. The van der Waals surface area contributed by atoms with Crippen molar-refractivity contribution in [2.75, 3.05) is 38.2 Å². The number of piperidine rings is 1. The first kappa shape index (κ1) is 21.2. The van der Waals surface area contributed by atoms with E-state index in [0.717, 1.165) is 11.0 Å². The first-order valence-electron chi connectivity index (χ1n) is 10.00. The molecule has 2 heterocycles. The quantitative estimate of drug-likeness (QED) is 0.646. The Morgan fingerprint density at radius 2 is 1.93 bits per heavy atom. The van der Waals surface area contributed by atoms with Gasteiger partial charge in [0.05, 0.1) is 19.1 Å². The highest BCUT2D eigenvalue weighted by Gasteiger charge is 2.28. The van der Waals surface area contributed by atoms with Crippen molar-refractivity contribution < 1.29 is 14.3 Å². The zero-order valence-electron chi connectivity index (χ0n) is 17.3. The number of ether oxygens (including phenoxy) is 1. The van der Waals surface area contributed by atoms with Crippen LogP contribution >= 0.6 is 11.5 Å². The predicted octanol–water partition coefficient (Wildman–Crippen LogP) is 2.68. The number of benzene rings is 1. The van der Waals surface area contributed by atoms with E-state index in [-0.39, 0.29) is 24.3 Å². The minimum atomic E-state index is -0.147. The molecular weight excluding hydrogens is 388 g/mol. The van der Waals surface area contributed by atoms with Crippen LogP contribution in [0.1, 0.15) is 36.7 Å². The number of carbonyl (C=O) groups is 2. The predicted molar refractivity (Wildman–Crippen MR) is 113 cm³/mol. The summed E-state index contributed by atoms with van der Waals surface area (Å²) < 4.78 is 9.52. The van der Waals surface area contributed by atoms with Crippen LogP contribution in [-0.2, 0) is 20.7 Å². The van der Waals surface area contributed by atoms with Crippen molar-refractivity contribution >= 4 is 28.5 Å². The largest absolute Gasteiger partial charge is 0.466 e. The van der Waals surface area contributed by atoms with Crippen LogP contribution in [0.5, 0.6) is 0 Å². The summed E-state index contributed by atoms with van der Waals surface area (Å²) in [6.07, 6.45) is 2.00. The average molecular weight is 417 g/mol. The van der Waals surface area contributed by atoms with Crippen LogP contribution in [0.4, 0.5) is 5.13 Å². The number of esters is 1. The lowest BCUT2D eigenvalue weighted by atomic mass is 9.97. The van der Waals surface area contributed by atoms with Crippen LogP contribution in [0.15, 0.2) is 24.3 Å². The summed E-state index contributed by atoms with van der Waals surface area (Å²) >= 11 is 1.31. The third kappa shape index (κ3) is 5.76. The molecule has 0 saturated carbocycles. The minimum absolute atomic E-state index is 0.0464. The number of aromatic nitrogens is 2. The van der Waals surface area contributed by atoms with Gasteiger partial charge in [-0.3, -0.25) is 9.59 Å². The number of likely N-dealkylation sites (N-methyl/N-ethyl adjacent to an activating group) is 1. The topological polar surface area (TPSA) is 75.6 Å². The number of aryl methyl sites for hydroxylation is 1. The molecule has 1 aromatic carbocycles. The second-order valence-corrected chi connectivity index (χ2v) is 8.15. The molecule has 0 radical (unpaired) electrons. The summed E-state index contributed by atoms with van der Waals surface area (Å²) in [7, 11) is 1.86. The van der Waals surface area contributed by atoms with Gasteiger partial charge in [0, 0.05) is 38.1 Å². The maximum atomic E-state index is 12.6. The molecule has 2 aromatic rings. The number of hydrogen-bond acceptors (Lipinski definition) is 7. The number of likely N-dealkylation sites (tertiary alicyclic amines) is 1. The Bertz CT molecular complexity index is 829. The third-order valence-electron chi connectivity index (χ3n) is 5.11. The van der Waals surface area contributed by atoms with Gasteiger partial charge in [-0.1, -0.05) is 29.8 Å². The second-order valence-electron chi connectivity index (χ2n) is 7.42. The summed E-state index contributed by atoms with van der Waals surface area (Å²) in [5.74, 6) is 0.574. The van der Waals surface area contributed by atoms with Gasteiger partial charge in [-0.15, -0.1) is 0 Å². The number of amides is 1. The average Bonchev–Trinajstić information content (AvgIpc) is 3.18.